The molecule has 2 amide bonds. The average Bonchev–Trinajstić information content (AvgIpc) is 2.80. The molecule has 1 aliphatic rings. The molecule has 0 fully saturated rings. The van der Waals surface area contributed by atoms with Crippen LogP contribution >= 0.6 is 0 Å². The van der Waals surface area contributed by atoms with E-state index in [9.17, 15) is 9.59 Å². The van der Waals surface area contributed by atoms with Gasteiger partial charge in [-0.2, -0.15) is 10.2 Å². The number of allylic oxidation sites excluding steroid dienone is 1. The maximum Gasteiger partial charge on any atom is 0.249 e. The Morgan fingerprint density at radius 2 is 2.14 bits per heavy atom. The number of hydrogen-bond acceptors (Lipinski definition) is 4. The standard InChI is InChI=1S/C16H18N4O2/c1-11(8-13-6-4-3-5-7-13)10-17-19-15(21)9-14-12(2)18-20-16(14)22/h3-8,10,14H,9H2,1-2H3,(H,19,21)(H,20,22)/b11-8+,17-10-/t14-/m1/s1. The van der Waals surface area contributed by atoms with Gasteiger partial charge in [-0.3, -0.25) is 9.59 Å². The third-order valence-corrected chi connectivity index (χ3v) is 3.20. The molecular formula is C16H18N4O2. The second-order valence-corrected chi connectivity index (χ2v) is 5.08. The van der Waals surface area contributed by atoms with Gasteiger partial charge in [-0.25, -0.2) is 10.9 Å². The number of carbonyl (C=O) groups excluding carboxylic acids is 2. The maximum atomic E-state index is 11.8. The Kier molecular flexibility index (Phi) is 5.19. The van der Waals surface area contributed by atoms with Gasteiger partial charge < -0.3 is 0 Å². The molecule has 2 N–H and O–H groups in total. The van der Waals surface area contributed by atoms with Gasteiger partial charge in [0.1, 0.15) is 0 Å². The highest BCUT2D eigenvalue weighted by Gasteiger charge is 2.28. The summed E-state index contributed by atoms with van der Waals surface area (Å²) in [5.74, 6) is -1.08. The molecule has 0 bridgehead atoms. The summed E-state index contributed by atoms with van der Waals surface area (Å²) in [6.45, 7) is 3.61. The number of carbonyl (C=O) groups is 2. The lowest BCUT2D eigenvalue weighted by Gasteiger charge is -2.05. The predicted octanol–water partition coefficient (Wildman–Crippen LogP) is 1.70. The van der Waals surface area contributed by atoms with Crippen LogP contribution in [-0.2, 0) is 9.59 Å². The number of nitrogens with zero attached hydrogens (tertiary/aromatic N) is 2. The predicted molar refractivity (Wildman–Crippen MR) is 86.1 cm³/mol. The molecule has 114 valence electrons. The van der Waals surface area contributed by atoms with Crippen LogP contribution in [0.3, 0.4) is 0 Å². The van der Waals surface area contributed by atoms with Gasteiger partial charge in [-0.05, 0) is 25.0 Å². The van der Waals surface area contributed by atoms with E-state index in [-0.39, 0.29) is 18.2 Å². The third-order valence-electron chi connectivity index (χ3n) is 3.20. The SMILES string of the molecule is CC1=NNC(=O)[C@@H]1CC(=O)N/N=C\C(C)=C\c1ccccc1. The Bertz CT molecular complexity index is 647. The van der Waals surface area contributed by atoms with Crippen molar-refractivity contribution in [3.63, 3.8) is 0 Å². The molecule has 6 nitrogen and oxygen atoms in total. The average molecular weight is 298 g/mol. The van der Waals surface area contributed by atoms with E-state index in [1.54, 1.807) is 13.1 Å². The van der Waals surface area contributed by atoms with Crippen molar-refractivity contribution < 1.29 is 9.59 Å². The molecule has 2 rings (SSSR count). The van der Waals surface area contributed by atoms with E-state index < -0.39 is 5.92 Å². The molecule has 1 aliphatic heterocycles. The molecule has 0 saturated heterocycles. The minimum atomic E-state index is -0.504. The van der Waals surface area contributed by atoms with E-state index in [1.165, 1.54) is 0 Å². The van der Waals surface area contributed by atoms with Gasteiger partial charge in [0.15, 0.2) is 0 Å². The minimum absolute atomic E-state index is 0.0416. The monoisotopic (exact) mass is 298 g/mol. The molecule has 0 unspecified atom stereocenters. The first kappa shape index (κ1) is 15.6. The zero-order valence-electron chi connectivity index (χ0n) is 12.5. The van der Waals surface area contributed by atoms with E-state index >= 15 is 0 Å². The smallest absolute Gasteiger partial charge is 0.249 e. The number of rotatable bonds is 5. The van der Waals surface area contributed by atoms with Crippen molar-refractivity contribution >= 4 is 29.8 Å². The molecule has 1 aromatic rings. The number of amides is 2. The molecule has 0 saturated carbocycles. The van der Waals surface area contributed by atoms with Crippen LogP contribution in [0.25, 0.3) is 6.08 Å². The van der Waals surface area contributed by atoms with Crippen molar-refractivity contribution in [2.75, 3.05) is 0 Å². The highest BCUT2D eigenvalue weighted by molar-refractivity contribution is 6.09. The second kappa shape index (κ2) is 7.31. The lowest BCUT2D eigenvalue weighted by molar-refractivity contribution is -0.127. The first-order valence-electron chi connectivity index (χ1n) is 6.95. The molecule has 0 aliphatic carbocycles. The van der Waals surface area contributed by atoms with E-state index in [0.29, 0.717) is 5.71 Å². The Morgan fingerprint density at radius 3 is 2.77 bits per heavy atom. The van der Waals surface area contributed by atoms with Crippen molar-refractivity contribution in [1.29, 1.82) is 0 Å². The van der Waals surface area contributed by atoms with Gasteiger partial charge in [0.25, 0.3) is 0 Å². The normalized spacial score (nSPS) is 18.3. The van der Waals surface area contributed by atoms with E-state index in [0.717, 1.165) is 11.1 Å². The Labute approximate surface area is 129 Å². The molecule has 0 spiro atoms. The van der Waals surface area contributed by atoms with E-state index in [2.05, 4.69) is 21.1 Å². The largest absolute Gasteiger partial charge is 0.273 e. The minimum Gasteiger partial charge on any atom is -0.273 e. The van der Waals surface area contributed by atoms with Crippen LogP contribution in [0.5, 0.6) is 0 Å². The second-order valence-electron chi connectivity index (χ2n) is 5.08. The van der Waals surface area contributed by atoms with Gasteiger partial charge in [0, 0.05) is 12.1 Å². The Hall–Kier alpha value is -2.76. The summed E-state index contributed by atoms with van der Waals surface area (Å²) in [4.78, 5) is 23.2. The van der Waals surface area contributed by atoms with Gasteiger partial charge in [0.05, 0.1) is 12.1 Å². The van der Waals surface area contributed by atoms with Crippen LogP contribution in [0.2, 0.25) is 0 Å². The summed E-state index contributed by atoms with van der Waals surface area (Å²) in [5.41, 5.74) is 7.35. The number of nitrogens with one attached hydrogen (secondary N) is 2. The zero-order valence-corrected chi connectivity index (χ0v) is 12.5. The van der Waals surface area contributed by atoms with Crippen LogP contribution in [0, 0.1) is 5.92 Å². The van der Waals surface area contributed by atoms with Crippen LogP contribution in [0.1, 0.15) is 25.8 Å². The highest BCUT2D eigenvalue weighted by atomic mass is 16.2. The van der Waals surface area contributed by atoms with Gasteiger partial charge in [0.2, 0.25) is 11.8 Å². The summed E-state index contributed by atoms with van der Waals surface area (Å²) in [5, 5.41) is 7.69. The summed E-state index contributed by atoms with van der Waals surface area (Å²) >= 11 is 0. The van der Waals surface area contributed by atoms with Crippen LogP contribution < -0.4 is 10.9 Å². The van der Waals surface area contributed by atoms with Crippen LogP contribution in [-0.4, -0.2) is 23.7 Å². The fraction of sp³-hybridized carbons (Fsp3) is 0.250. The Morgan fingerprint density at radius 1 is 1.41 bits per heavy atom. The van der Waals surface area contributed by atoms with Crippen molar-refractivity contribution in [3.8, 4) is 0 Å². The summed E-state index contributed by atoms with van der Waals surface area (Å²) in [7, 11) is 0. The van der Waals surface area contributed by atoms with Gasteiger partial charge in [-0.1, -0.05) is 36.4 Å². The molecule has 1 aromatic carbocycles. The van der Waals surface area contributed by atoms with Gasteiger partial charge >= 0.3 is 0 Å². The quantitative estimate of drug-likeness (QED) is 0.640. The molecule has 0 radical (unpaired) electrons. The lowest BCUT2D eigenvalue weighted by Crippen LogP contribution is -2.29. The van der Waals surface area contributed by atoms with Crippen LogP contribution in [0.4, 0.5) is 0 Å². The molecule has 22 heavy (non-hydrogen) atoms. The fourth-order valence-corrected chi connectivity index (χ4v) is 2.02. The third kappa shape index (κ3) is 4.37. The molecular weight excluding hydrogens is 280 g/mol. The summed E-state index contributed by atoms with van der Waals surface area (Å²) in [6, 6.07) is 9.82. The topological polar surface area (TPSA) is 82.9 Å². The summed E-state index contributed by atoms with van der Waals surface area (Å²) in [6.07, 6.45) is 3.57. The Balaban J connectivity index is 1.84. The molecule has 0 aromatic heterocycles. The molecule has 1 atom stereocenters. The van der Waals surface area contributed by atoms with Gasteiger partial charge in [-0.15, -0.1) is 0 Å². The van der Waals surface area contributed by atoms with Crippen molar-refractivity contribution in [2.45, 2.75) is 20.3 Å². The number of hydrogen-bond donors (Lipinski definition) is 2. The first-order chi connectivity index (χ1) is 10.6. The van der Waals surface area contributed by atoms with Crippen molar-refractivity contribution in [1.82, 2.24) is 10.9 Å². The molecule has 6 heteroatoms. The number of hydrazone groups is 2. The highest BCUT2D eigenvalue weighted by Crippen LogP contribution is 2.11. The zero-order chi connectivity index (χ0) is 15.9. The van der Waals surface area contributed by atoms with Crippen molar-refractivity contribution in [3.05, 3.63) is 41.5 Å². The van der Waals surface area contributed by atoms with E-state index in [4.69, 9.17) is 0 Å². The van der Waals surface area contributed by atoms with Crippen molar-refractivity contribution in [2.24, 2.45) is 16.1 Å². The maximum absolute atomic E-state index is 11.8. The fourth-order valence-electron chi connectivity index (χ4n) is 2.02. The number of benzene rings is 1. The first-order valence-corrected chi connectivity index (χ1v) is 6.95. The summed E-state index contributed by atoms with van der Waals surface area (Å²) < 4.78 is 0. The molecule has 1 heterocycles. The lowest BCUT2D eigenvalue weighted by atomic mass is 10.0. The van der Waals surface area contributed by atoms with E-state index in [1.807, 2.05) is 43.3 Å². The van der Waals surface area contributed by atoms with Crippen LogP contribution in [0.15, 0.2) is 46.1 Å².